The fraction of sp³-hybridized carbons (Fsp3) is 0.250. The number of amides is 1. The number of benzene rings is 2. The number of carbonyl (C=O) groups is 3. The highest BCUT2D eigenvalue weighted by Crippen LogP contribution is 2.28. The van der Waals surface area contributed by atoms with Crippen molar-refractivity contribution in [1.29, 1.82) is 0 Å². The zero-order valence-corrected chi connectivity index (χ0v) is 15.6. The van der Waals surface area contributed by atoms with Gasteiger partial charge in [-0.3, -0.25) is 14.4 Å². The molecule has 0 spiro atoms. The van der Waals surface area contributed by atoms with Crippen LogP contribution < -0.4 is 4.90 Å². The Morgan fingerprint density at radius 1 is 1.19 bits per heavy atom. The molecular weight excluding hydrogens is 369 g/mol. The van der Waals surface area contributed by atoms with E-state index in [0.717, 1.165) is 16.1 Å². The molecule has 7 heteroatoms. The molecule has 0 aromatic heterocycles. The summed E-state index contributed by atoms with van der Waals surface area (Å²) >= 11 is 1.41. The maximum absolute atomic E-state index is 12.8. The first-order valence-corrected chi connectivity index (χ1v) is 9.39. The lowest BCUT2D eigenvalue weighted by atomic mass is 10.1. The summed E-state index contributed by atoms with van der Waals surface area (Å²) < 4.78 is 17.9. The summed E-state index contributed by atoms with van der Waals surface area (Å²) in [5, 5.41) is 0. The highest BCUT2D eigenvalue weighted by Gasteiger charge is 2.24. The number of hydrogen-bond donors (Lipinski definition) is 0. The Balaban J connectivity index is 1.45. The number of ketones is 1. The SMILES string of the molecule is CN1C(=O)Cc2cc(C(=O)COC(=O)CCSc3ccc(F)cc3)ccc21. The Hall–Kier alpha value is -2.67. The molecule has 5 nitrogen and oxygen atoms in total. The van der Waals surface area contributed by atoms with Crippen molar-refractivity contribution in [3.05, 3.63) is 59.4 Å². The average Bonchev–Trinajstić information content (AvgIpc) is 2.95. The van der Waals surface area contributed by atoms with Crippen LogP contribution in [-0.4, -0.2) is 37.1 Å². The van der Waals surface area contributed by atoms with E-state index >= 15 is 0 Å². The van der Waals surface area contributed by atoms with E-state index in [2.05, 4.69) is 0 Å². The van der Waals surface area contributed by atoms with Crippen LogP contribution in [0.4, 0.5) is 10.1 Å². The van der Waals surface area contributed by atoms with Crippen LogP contribution in [0.25, 0.3) is 0 Å². The van der Waals surface area contributed by atoms with Crippen LogP contribution in [0.15, 0.2) is 47.4 Å². The summed E-state index contributed by atoms with van der Waals surface area (Å²) in [5.74, 6) is -0.612. The molecule has 2 aromatic rings. The minimum absolute atomic E-state index is 0.0142. The maximum atomic E-state index is 12.8. The second kappa shape index (κ2) is 8.35. The summed E-state index contributed by atoms with van der Waals surface area (Å²) in [6, 6.07) is 11.1. The Kier molecular flexibility index (Phi) is 5.91. The van der Waals surface area contributed by atoms with Crippen LogP contribution in [0, 0.1) is 5.82 Å². The van der Waals surface area contributed by atoms with Crippen molar-refractivity contribution < 1.29 is 23.5 Å². The molecule has 0 unspecified atom stereocenters. The molecule has 0 radical (unpaired) electrons. The fourth-order valence-corrected chi connectivity index (χ4v) is 3.56. The van der Waals surface area contributed by atoms with Crippen molar-refractivity contribution in [2.75, 3.05) is 24.3 Å². The quantitative estimate of drug-likeness (QED) is 0.415. The monoisotopic (exact) mass is 387 g/mol. The zero-order valence-electron chi connectivity index (χ0n) is 14.7. The van der Waals surface area contributed by atoms with Gasteiger partial charge in [-0.2, -0.15) is 0 Å². The number of esters is 1. The van der Waals surface area contributed by atoms with Crippen molar-refractivity contribution in [2.24, 2.45) is 0 Å². The topological polar surface area (TPSA) is 63.7 Å². The minimum Gasteiger partial charge on any atom is -0.457 e. The number of fused-ring (bicyclic) bond motifs is 1. The van der Waals surface area contributed by atoms with Gasteiger partial charge in [0.1, 0.15) is 5.82 Å². The molecule has 0 aliphatic carbocycles. The van der Waals surface area contributed by atoms with Crippen LogP contribution in [0.1, 0.15) is 22.3 Å². The standard InChI is InChI=1S/C20H18FNO4S/c1-22-17-7-2-13(10-14(17)11-19(22)24)18(23)12-26-20(25)8-9-27-16-5-3-15(21)4-6-16/h2-7,10H,8-9,11-12H2,1H3. The lowest BCUT2D eigenvalue weighted by Crippen LogP contribution is -2.20. The molecule has 0 bridgehead atoms. The predicted molar refractivity (Wildman–Crippen MR) is 101 cm³/mol. The first kappa shape index (κ1) is 19.1. The highest BCUT2D eigenvalue weighted by atomic mass is 32.2. The van der Waals surface area contributed by atoms with Gasteiger partial charge in [0.2, 0.25) is 5.91 Å². The summed E-state index contributed by atoms with van der Waals surface area (Å²) in [6.45, 7) is -0.331. The first-order chi connectivity index (χ1) is 12.9. The van der Waals surface area contributed by atoms with E-state index in [-0.39, 0.29) is 37.0 Å². The van der Waals surface area contributed by atoms with Gasteiger partial charge >= 0.3 is 5.97 Å². The largest absolute Gasteiger partial charge is 0.457 e. The van der Waals surface area contributed by atoms with Gasteiger partial charge in [-0.25, -0.2) is 4.39 Å². The molecule has 0 fully saturated rings. The molecule has 1 aliphatic heterocycles. The van der Waals surface area contributed by atoms with E-state index in [9.17, 15) is 18.8 Å². The number of likely N-dealkylation sites (N-methyl/N-ethyl adjacent to an activating group) is 1. The van der Waals surface area contributed by atoms with Gasteiger partial charge in [0.15, 0.2) is 12.4 Å². The van der Waals surface area contributed by atoms with Gasteiger partial charge in [0, 0.05) is 28.9 Å². The fourth-order valence-electron chi connectivity index (χ4n) is 2.73. The van der Waals surface area contributed by atoms with Gasteiger partial charge in [0.25, 0.3) is 0 Å². The molecule has 0 saturated heterocycles. The van der Waals surface area contributed by atoms with Gasteiger partial charge in [-0.1, -0.05) is 0 Å². The van der Waals surface area contributed by atoms with Gasteiger partial charge < -0.3 is 9.64 Å². The van der Waals surface area contributed by atoms with Gasteiger partial charge in [-0.15, -0.1) is 11.8 Å². The van der Waals surface area contributed by atoms with E-state index < -0.39 is 5.97 Å². The Bertz CT molecular complexity index is 882. The smallest absolute Gasteiger partial charge is 0.307 e. The third-order valence-corrected chi connectivity index (χ3v) is 5.25. The third-order valence-electron chi connectivity index (χ3n) is 4.23. The van der Waals surface area contributed by atoms with Crippen LogP contribution in [-0.2, 0) is 20.7 Å². The number of ether oxygens (including phenoxy) is 1. The average molecular weight is 387 g/mol. The predicted octanol–water partition coefficient (Wildman–Crippen LogP) is 3.25. The van der Waals surface area contributed by atoms with Crippen molar-refractivity contribution in [2.45, 2.75) is 17.7 Å². The molecule has 1 aliphatic rings. The minimum atomic E-state index is -0.464. The Morgan fingerprint density at radius 3 is 2.67 bits per heavy atom. The van der Waals surface area contributed by atoms with Crippen molar-refractivity contribution >= 4 is 35.1 Å². The van der Waals surface area contributed by atoms with Crippen molar-refractivity contribution in [1.82, 2.24) is 0 Å². The van der Waals surface area contributed by atoms with Crippen molar-refractivity contribution in [3.8, 4) is 0 Å². The highest BCUT2D eigenvalue weighted by molar-refractivity contribution is 7.99. The number of thioether (sulfide) groups is 1. The van der Waals surface area contributed by atoms with Crippen LogP contribution in [0.2, 0.25) is 0 Å². The molecule has 140 valence electrons. The molecule has 0 saturated carbocycles. The summed E-state index contributed by atoms with van der Waals surface area (Å²) in [6.07, 6.45) is 0.423. The molecule has 1 amide bonds. The Labute approximate surface area is 160 Å². The lowest BCUT2D eigenvalue weighted by molar-refractivity contribution is -0.142. The molecule has 0 atom stereocenters. The van der Waals surface area contributed by atoms with Gasteiger partial charge in [-0.05, 0) is 48.0 Å². The Morgan fingerprint density at radius 2 is 1.93 bits per heavy atom. The van der Waals surface area contributed by atoms with Crippen LogP contribution in [0.3, 0.4) is 0 Å². The normalized spacial score (nSPS) is 12.8. The summed E-state index contributed by atoms with van der Waals surface area (Å²) in [4.78, 5) is 38.1. The number of carbonyl (C=O) groups excluding carboxylic acids is 3. The molecular formula is C20H18FNO4S. The number of Topliss-reactive ketones (excluding diaryl/α,β-unsaturated/α-hetero) is 1. The number of nitrogens with zero attached hydrogens (tertiary/aromatic N) is 1. The lowest BCUT2D eigenvalue weighted by Gasteiger charge is -2.10. The van der Waals surface area contributed by atoms with Gasteiger partial charge in [0.05, 0.1) is 12.8 Å². The van der Waals surface area contributed by atoms with Crippen LogP contribution >= 0.6 is 11.8 Å². The number of halogens is 1. The van der Waals surface area contributed by atoms with E-state index in [1.54, 1.807) is 42.3 Å². The van der Waals surface area contributed by atoms with Crippen molar-refractivity contribution in [3.63, 3.8) is 0 Å². The molecule has 0 N–H and O–H groups in total. The van der Waals surface area contributed by atoms with E-state index in [4.69, 9.17) is 4.74 Å². The first-order valence-electron chi connectivity index (χ1n) is 8.40. The molecule has 2 aromatic carbocycles. The maximum Gasteiger partial charge on any atom is 0.307 e. The van der Waals surface area contributed by atoms with E-state index in [0.29, 0.717) is 11.3 Å². The third kappa shape index (κ3) is 4.74. The van der Waals surface area contributed by atoms with Crippen LogP contribution in [0.5, 0.6) is 0 Å². The zero-order chi connectivity index (χ0) is 19.4. The molecule has 3 rings (SSSR count). The molecule has 27 heavy (non-hydrogen) atoms. The number of rotatable bonds is 7. The molecule has 1 heterocycles. The number of anilines is 1. The van der Waals surface area contributed by atoms with E-state index in [1.807, 2.05) is 0 Å². The van der Waals surface area contributed by atoms with E-state index in [1.165, 1.54) is 23.9 Å². The number of hydrogen-bond acceptors (Lipinski definition) is 5. The summed E-state index contributed by atoms with van der Waals surface area (Å²) in [5.41, 5.74) is 2.02. The summed E-state index contributed by atoms with van der Waals surface area (Å²) in [7, 11) is 1.70. The second-order valence-corrected chi connectivity index (χ2v) is 7.28. The second-order valence-electron chi connectivity index (χ2n) is 6.11.